The zero-order valence-corrected chi connectivity index (χ0v) is 8.32. The number of hydrogen-bond acceptors (Lipinski definition) is 0. The van der Waals surface area contributed by atoms with Crippen molar-refractivity contribution < 1.29 is 1.43 Å². The van der Waals surface area contributed by atoms with Gasteiger partial charge < -0.3 is 0 Å². The summed E-state index contributed by atoms with van der Waals surface area (Å²) in [4.78, 5) is 0. The summed E-state index contributed by atoms with van der Waals surface area (Å²) in [5.74, 6) is 0.860. The second-order valence-corrected chi connectivity index (χ2v) is 3.18. The summed E-state index contributed by atoms with van der Waals surface area (Å²) >= 11 is 0. The highest BCUT2D eigenvalue weighted by Crippen LogP contribution is 2.27. The lowest BCUT2D eigenvalue weighted by atomic mass is 9.85. The average Bonchev–Trinajstić information content (AvgIpc) is 2.10. The van der Waals surface area contributed by atoms with Gasteiger partial charge in [-0.25, -0.2) is 0 Å². The summed E-state index contributed by atoms with van der Waals surface area (Å²) in [7, 11) is 0. The summed E-state index contributed by atoms with van der Waals surface area (Å²) in [6.45, 7) is 10.1. The molecule has 0 aliphatic heterocycles. The van der Waals surface area contributed by atoms with Crippen LogP contribution in [0, 0.1) is 5.92 Å². The van der Waals surface area contributed by atoms with Crippen molar-refractivity contribution >= 4 is 0 Å². The molecule has 0 N–H and O–H groups in total. The molecule has 1 aliphatic carbocycles. The third-order valence-corrected chi connectivity index (χ3v) is 2.30. The molecule has 1 fully saturated rings. The van der Waals surface area contributed by atoms with Crippen LogP contribution in [0.2, 0.25) is 0 Å². The molecule has 0 amide bonds. The first-order chi connectivity index (χ1) is 5.30. The Hall–Kier alpha value is -0.260. The Kier molecular flexibility index (Phi) is 6.30. The Labute approximate surface area is 73.2 Å². The van der Waals surface area contributed by atoms with E-state index in [0.717, 1.165) is 5.92 Å². The molecule has 0 saturated heterocycles. The molecule has 0 aromatic carbocycles. The Morgan fingerprint density at radius 3 is 1.91 bits per heavy atom. The highest BCUT2D eigenvalue weighted by atomic mass is 14.2. The van der Waals surface area contributed by atoms with Crippen LogP contribution in [0.25, 0.3) is 0 Å². The van der Waals surface area contributed by atoms with Gasteiger partial charge in [-0.1, -0.05) is 45.3 Å². The SMILES string of the molecule is C=C(C)C1CCCCC1.CC.[HH]. The van der Waals surface area contributed by atoms with Crippen molar-refractivity contribution in [3.63, 3.8) is 0 Å². The molecule has 11 heavy (non-hydrogen) atoms. The Bertz CT molecular complexity index is 102. The van der Waals surface area contributed by atoms with Crippen molar-refractivity contribution in [3.05, 3.63) is 12.2 Å². The maximum absolute atomic E-state index is 3.98. The van der Waals surface area contributed by atoms with E-state index in [1.807, 2.05) is 13.8 Å². The van der Waals surface area contributed by atoms with Crippen molar-refractivity contribution in [3.8, 4) is 0 Å². The normalized spacial score (nSPS) is 18.5. The van der Waals surface area contributed by atoms with Crippen LogP contribution in [0.3, 0.4) is 0 Å². The average molecular weight is 156 g/mol. The van der Waals surface area contributed by atoms with E-state index in [2.05, 4.69) is 13.5 Å². The van der Waals surface area contributed by atoms with E-state index in [1.54, 1.807) is 0 Å². The van der Waals surface area contributed by atoms with Crippen LogP contribution >= 0.6 is 0 Å². The fraction of sp³-hybridized carbons (Fsp3) is 0.818. The maximum atomic E-state index is 3.98. The van der Waals surface area contributed by atoms with E-state index in [-0.39, 0.29) is 1.43 Å². The molecular weight excluding hydrogens is 132 g/mol. The van der Waals surface area contributed by atoms with Crippen LogP contribution in [0.1, 0.15) is 54.3 Å². The van der Waals surface area contributed by atoms with Crippen molar-refractivity contribution in [2.45, 2.75) is 52.9 Å². The van der Waals surface area contributed by atoms with Crippen molar-refractivity contribution in [2.24, 2.45) is 5.92 Å². The molecule has 0 radical (unpaired) electrons. The van der Waals surface area contributed by atoms with Crippen molar-refractivity contribution in [1.82, 2.24) is 0 Å². The molecular formula is C11H24. The standard InChI is InChI=1S/C9H16.C2H6.H2/c1-8(2)9-6-4-3-5-7-9;1-2;/h9H,1,3-7H2,2H3;1-2H3;1H. The molecule has 0 nitrogen and oxygen atoms in total. The first kappa shape index (κ1) is 10.7. The molecule has 0 unspecified atom stereocenters. The maximum Gasteiger partial charge on any atom is 0 e. The molecule has 68 valence electrons. The van der Waals surface area contributed by atoms with E-state index in [4.69, 9.17) is 0 Å². The Morgan fingerprint density at radius 2 is 1.64 bits per heavy atom. The predicted octanol–water partition coefficient (Wildman–Crippen LogP) is 4.42. The van der Waals surface area contributed by atoms with Gasteiger partial charge in [-0.2, -0.15) is 0 Å². The lowest BCUT2D eigenvalue weighted by molar-refractivity contribution is 0.404. The molecule has 0 aromatic rings. The van der Waals surface area contributed by atoms with Gasteiger partial charge in [0, 0.05) is 1.43 Å². The zero-order valence-electron chi connectivity index (χ0n) is 8.32. The van der Waals surface area contributed by atoms with Gasteiger partial charge in [-0.05, 0) is 25.7 Å². The van der Waals surface area contributed by atoms with Gasteiger partial charge >= 0.3 is 0 Å². The van der Waals surface area contributed by atoms with E-state index >= 15 is 0 Å². The third-order valence-electron chi connectivity index (χ3n) is 2.30. The van der Waals surface area contributed by atoms with Crippen LogP contribution in [-0.2, 0) is 0 Å². The smallest absolute Gasteiger partial charge is 0 e. The lowest BCUT2D eigenvalue weighted by Crippen LogP contribution is -2.05. The van der Waals surface area contributed by atoms with Gasteiger partial charge in [0.05, 0.1) is 0 Å². The highest BCUT2D eigenvalue weighted by molar-refractivity contribution is 4.96. The van der Waals surface area contributed by atoms with E-state index < -0.39 is 0 Å². The molecule has 1 saturated carbocycles. The second kappa shape index (κ2) is 6.45. The van der Waals surface area contributed by atoms with Crippen molar-refractivity contribution in [1.29, 1.82) is 0 Å². The van der Waals surface area contributed by atoms with Gasteiger partial charge in [-0.3, -0.25) is 0 Å². The van der Waals surface area contributed by atoms with Gasteiger partial charge in [0.25, 0.3) is 0 Å². The zero-order chi connectivity index (χ0) is 8.69. The largest absolute Gasteiger partial charge is 0.0999 e. The molecule has 0 bridgehead atoms. The highest BCUT2D eigenvalue weighted by Gasteiger charge is 2.12. The van der Waals surface area contributed by atoms with Gasteiger partial charge in [0.15, 0.2) is 0 Å². The minimum absolute atomic E-state index is 0. The minimum Gasteiger partial charge on any atom is -0.0999 e. The Balaban J connectivity index is 0. The summed E-state index contributed by atoms with van der Waals surface area (Å²) in [6.07, 6.45) is 7.10. The third kappa shape index (κ3) is 4.23. The first-order valence-electron chi connectivity index (χ1n) is 4.96. The van der Waals surface area contributed by atoms with Gasteiger partial charge in [0.1, 0.15) is 0 Å². The first-order valence-corrected chi connectivity index (χ1v) is 4.96. The minimum atomic E-state index is 0. The molecule has 0 spiro atoms. The molecule has 1 rings (SSSR count). The topological polar surface area (TPSA) is 0 Å². The predicted molar refractivity (Wildman–Crippen MR) is 54.9 cm³/mol. The van der Waals surface area contributed by atoms with E-state index in [0.29, 0.717) is 0 Å². The van der Waals surface area contributed by atoms with Crippen LogP contribution in [0.5, 0.6) is 0 Å². The van der Waals surface area contributed by atoms with E-state index in [9.17, 15) is 0 Å². The summed E-state index contributed by atoms with van der Waals surface area (Å²) in [5.41, 5.74) is 1.40. The summed E-state index contributed by atoms with van der Waals surface area (Å²) < 4.78 is 0. The molecule has 0 heteroatoms. The number of hydrogen-bond donors (Lipinski definition) is 0. The molecule has 0 aromatic heterocycles. The summed E-state index contributed by atoms with van der Waals surface area (Å²) in [5, 5.41) is 0. The number of allylic oxidation sites excluding steroid dienone is 1. The monoisotopic (exact) mass is 156 g/mol. The Morgan fingerprint density at radius 1 is 1.18 bits per heavy atom. The van der Waals surface area contributed by atoms with E-state index in [1.165, 1.54) is 37.7 Å². The molecule has 0 heterocycles. The van der Waals surface area contributed by atoms with Crippen LogP contribution in [-0.4, -0.2) is 0 Å². The lowest BCUT2D eigenvalue weighted by Gasteiger charge is -2.21. The van der Waals surface area contributed by atoms with Crippen molar-refractivity contribution in [2.75, 3.05) is 0 Å². The van der Waals surface area contributed by atoms with Gasteiger partial charge in [-0.15, -0.1) is 0 Å². The van der Waals surface area contributed by atoms with Crippen LogP contribution < -0.4 is 0 Å². The van der Waals surface area contributed by atoms with Gasteiger partial charge in [0.2, 0.25) is 0 Å². The second-order valence-electron chi connectivity index (χ2n) is 3.18. The summed E-state index contributed by atoms with van der Waals surface area (Å²) in [6, 6.07) is 0. The number of rotatable bonds is 1. The fourth-order valence-corrected chi connectivity index (χ4v) is 1.60. The fourth-order valence-electron chi connectivity index (χ4n) is 1.60. The van der Waals surface area contributed by atoms with Crippen LogP contribution in [0.4, 0.5) is 0 Å². The quantitative estimate of drug-likeness (QED) is 0.493. The van der Waals surface area contributed by atoms with Crippen LogP contribution in [0.15, 0.2) is 12.2 Å². The molecule has 0 atom stereocenters. The molecule has 1 aliphatic rings.